The molecule has 4 aliphatic carbocycles. The summed E-state index contributed by atoms with van der Waals surface area (Å²) < 4.78 is 16.8. The summed E-state index contributed by atoms with van der Waals surface area (Å²) in [4.78, 5) is 18.3. The highest BCUT2D eigenvalue weighted by Gasteiger charge is 2.72. The predicted octanol–water partition coefficient (Wildman–Crippen LogP) is 7.86. The molecule has 2 aromatic heterocycles. The van der Waals surface area contributed by atoms with Crippen LogP contribution in [0.4, 0.5) is 0 Å². The first-order valence-corrected chi connectivity index (χ1v) is 20.6. The molecule has 1 aliphatic heterocycles. The Labute approximate surface area is 323 Å². The minimum Gasteiger partial charge on any atom is -0.619 e. The van der Waals surface area contributed by atoms with Crippen LogP contribution in [-0.4, -0.2) is 57.3 Å². The number of rotatable bonds is 8. The lowest BCUT2D eigenvalue weighted by atomic mass is 9.34. The second-order valence-electron chi connectivity index (χ2n) is 21.0. The van der Waals surface area contributed by atoms with Gasteiger partial charge in [0, 0.05) is 22.4 Å². The van der Waals surface area contributed by atoms with Crippen molar-refractivity contribution in [1.82, 2.24) is 14.8 Å². The number of carboxylic acids is 1. The van der Waals surface area contributed by atoms with Crippen molar-refractivity contribution in [2.45, 2.75) is 132 Å². The molecule has 3 N–H and O–H groups in total. The quantitative estimate of drug-likeness (QED) is 0.158. The number of hydrogen-bond donors (Lipinski definition) is 2. The summed E-state index contributed by atoms with van der Waals surface area (Å²) in [6.07, 6.45) is 12.3. The first-order valence-electron chi connectivity index (χ1n) is 20.6. The number of ether oxygens (including phenoxy) is 2. The molecule has 0 spiro atoms. The third-order valence-corrected chi connectivity index (χ3v) is 17.3. The summed E-state index contributed by atoms with van der Waals surface area (Å²) in [6.45, 7) is 26.2. The largest absolute Gasteiger partial charge is 0.619 e. The molecule has 3 heterocycles. The Morgan fingerprint density at radius 2 is 1.85 bits per heavy atom. The van der Waals surface area contributed by atoms with Crippen molar-refractivity contribution >= 4 is 5.97 Å². The van der Waals surface area contributed by atoms with Gasteiger partial charge in [0.25, 0.3) is 0 Å². The molecule has 4 fully saturated rings. The van der Waals surface area contributed by atoms with Gasteiger partial charge in [0.2, 0.25) is 0 Å². The molecule has 10 nitrogen and oxygen atoms in total. The minimum atomic E-state index is -0.644. The van der Waals surface area contributed by atoms with Gasteiger partial charge in [-0.2, -0.15) is 9.83 Å². The van der Waals surface area contributed by atoms with Gasteiger partial charge in [0.1, 0.15) is 6.33 Å². The topological polar surface area (TPSA) is 139 Å². The number of carboxylic acid groups (broad SMARTS) is 1. The molecule has 12 atom stereocenters. The van der Waals surface area contributed by atoms with E-state index in [9.17, 15) is 15.1 Å². The number of nitrogens with zero attached hydrogens (tertiary/aromatic N) is 4. The van der Waals surface area contributed by atoms with Crippen molar-refractivity contribution < 1.29 is 24.1 Å². The molecule has 0 radical (unpaired) electrons. The predicted molar refractivity (Wildman–Crippen MR) is 209 cm³/mol. The Morgan fingerprint density at radius 3 is 2.50 bits per heavy atom. The van der Waals surface area contributed by atoms with Gasteiger partial charge in [-0.25, -0.2) is 9.67 Å². The lowest BCUT2D eigenvalue weighted by Crippen LogP contribution is -2.69. The lowest BCUT2D eigenvalue weighted by Gasteiger charge is -2.71. The molecule has 2 aromatic rings. The van der Waals surface area contributed by atoms with Crippen LogP contribution in [0.1, 0.15) is 121 Å². The Bertz CT molecular complexity index is 1800. The lowest BCUT2D eigenvalue weighted by molar-refractivity contribution is -0.604. The average molecular weight is 746 g/mol. The van der Waals surface area contributed by atoms with Gasteiger partial charge in [-0.3, -0.25) is 4.79 Å². The monoisotopic (exact) mass is 746 g/mol. The van der Waals surface area contributed by atoms with Crippen molar-refractivity contribution in [3.8, 4) is 11.4 Å². The summed E-state index contributed by atoms with van der Waals surface area (Å²) >= 11 is 0. The molecule has 0 aromatic carbocycles. The average Bonchev–Trinajstić information content (AvgIpc) is 3.57. The minimum absolute atomic E-state index is 0.189. The number of hydrogen-bond acceptors (Lipinski definition) is 7. The van der Waals surface area contributed by atoms with Crippen LogP contribution in [0.2, 0.25) is 0 Å². The SMILES string of the molecule is CC(C)[C@@H](C)[C@@]1(C)CC[C@]2(C)[C@H]3CC[C@@H]4[C@@]5(COC[C@]4(C)[C@@H](OC[C@](C)(N)C(C)(C)C)[C@H](n4ncnc4-c4ccc[n+]([O-])c4)C5)C3=CC[C@@]2(C)[C@@H]1C(=O)O. The summed E-state index contributed by atoms with van der Waals surface area (Å²) in [5.41, 5.74) is 6.84. The molecular weight excluding hydrogens is 679 g/mol. The summed E-state index contributed by atoms with van der Waals surface area (Å²) in [5.74, 6) is 0.782. The highest BCUT2D eigenvalue weighted by molar-refractivity contribution is 5.73. The van der Waals surface area contributed by atoms with Crippen LogP contribution >= 0.6 is 0 Å². The van der Waals surface area contributed by atoms with Crippen LogP contribution in [0.15, 0.2) is 42.5 Å². The van der Waals surface area contributed by atoms with Gasteiger partial charge < -0.3 is 25.5 Å². The number of allylic oxidation sites excluding steroid dienone is 1. The molecule has 0 amide bonds. The molecule has 1 saturated heterocycles. The highest BCUT2D eigenvalue weighted by Crippen LogP contribution is 2.75. The van der Waals surface area contributed by atoms with Crippen molar-refractivity contribution in [3.05, 3.63) is 47.7 Å². The maximum atomic E-state index is 13.6. The number of aromatic nitrogens is 4. The van der Waals surface area contributed by atoms with Crippen LogP contribution in [0, 0.1) is 67.3 Å². The second-order valence-corrected chi connectivity index (χ2v) is 21.0. The van der Waals surface area contributed by atoms with Gasteiger partial charge in [0.15, 0.2) is 18.2 Å². The summed E-state index contributed by atoms with van der Waals surface area (Å²) in [6, 6.07) is 3.45. The second kappa shape index (κ2) is 12.9. The highest BCUT2D eigenvalue weighted by atomic mass is 16.5. The van der Waals surface area contributed by atoms with Gasteiger partial charge in [-0.1, -0.05) is 80.9 Å². The van der Waals surface area contributed by atoms with Gasteiger partial charge >= 0.3 is 5.97 Å². The van der Waals surface area contributed by atoms with Crippen molar-refractivity contribution in [2.75, 3.05) is 19.8 Å². The first kappa shape index (κ1) is 39.4. The first-order chi connectivity index (χ1) is 25.1. The van der Waals surface area contributed by atoms with E-state index < -0.39 is 22.8 Å². The maximum absolute atomic E-state index is 13.6. The number of aliphatic carboxylic acids is 1. The third-order valence-electron chi connectivity index (χ3n) is 17.3. The Morgan fingerprint density at radius 1 is 1.13 bits per heavy atom. The van der Waals surface area contributed by atoms with E-state index in [1.165, 1.54) is 11.8 Å². The van der Waals surface area contributed by atoms with E-state index in [0.29, 0.717) is 43.0 Å². The van der Waals surface area contributed by atoms with E-state index >= 15 is 0 Å². The molecule has 10 heteroatoms. The number of nitrogens with two attached hydrogens (primary N) is 1. The molecule has 54 heavy (non-hydrogen) atoms. The standard InChI is InChI=1S/C44H67N5O5/c1-27(2)28(3)39(7)18-19-41(9)30-14-15-33-40(8)23-53-25-44(33,31(30)16-17-42(41,10)34(39)37(50)51)21-32(35(40)54-24-43(11,45)38(4,5)6)49-36(46-26-47-49)29-13-12-20-48(52)22-29/h12-13,16,20,22,26-28,30,32-35H,14-15,17-19,21,23-25,45H2,1-11H3,(H,50,51)/t28-,30+,32-,33+,34-,35+,39-,40+,41-,42+,43+,44+/m1/s1. The van der Waals surface area contributed by atoms with Crippen LogP contribution in [-0.2, 0) is 14.3 Å². The Kier molecular flexibility index (Phi) is 9.38. The van der Waals surface area contributed by atoms with Crippen molar-refractivity contribution in [2.24, 2.45) is 67.8 Å². The molecule has 2 bridgehead atoms. The molecule has 5 aliphatic rings. The zero-order valence-corrected chi connectivity index (χ0v) is 34.8. The summed E-state index contributed by atoms with van der Waals surface area (Å²) in [7, 11) is 0. The van der Waals surface area contributed by atoms with Gasteiger partial charge in [-0.15, -0.1) is 0 Å². The smallest absolute Gasteiger partial charge is 0.307 e. The fraction of sp³-hybridized carbons (Fsp3) is 0.773. The fourth-order valence-electron chi connectivity index (χ4n) is 12.9. The molecule has 298 valence electrons. The summed E-state index contributed by atoms with van der Waals surface area (Å²) in [5, 5.41) is 28.6. The fourth-order valence-corrected chi connectivity index (χ4v) is 12.9. The van der Waals surface area contributed by atoms with Gasteiger partial charge in [0.05, 0.1) is 43.4 Å². The zero-order valence-electron chi connectivity index (χ0n) is 34.8. The number of pyridine rings is 1. The van der Waals surface area contributed by atoms with E-state index in [2.05, 4.69) is 82.2 Å². The van der Waals surface area contributed by atoms with E-state index in [-0.39, 0.29) is 51.1 Å². The van der Waals surface area contributed by atoms with E-state index in [1.807, 2.05) is 10.7 Å². The zero-order chi connectivity index (χ0) is 39.4. The van der Waals surface area contributed by atoms with E-state index in [4.69, 9.17) is 25.3 Å². The Balaban J connectivity index is 1.36. The molecule has 0 unspecified atom stereocenters. The van der Waals surface area contributed by atoms with Gasteiger partial charge in [-0.05, 0) is 96.8 Å². The van der Waals surface area contributed by atoms with Crippen LogP contribution in [0.25, 0.3) is 11.4 Å². The molecule has 3 saturated carbocycles. The number of carbonyl (C=O) groups is 1. The van der Waals surface area contributed by atoms with Crippen LogP contribution in [0.3, 0.4) is 0 Å². The van der Waals surface area contributed by atoms with Crippen molar-refractivity contribution in [1.29, 1.82) is 0 Å². The molecule has 7 rings (SSSR count). The van der Waals surface area contributed by atoms with Crippen LogP contribution < -0.4 is 10.5 Å². The van der Waals surface area contributed by atoms with Crippen LogP contribution in [0.5, 0.6) is 0 Å². The van der Waals surface area contributed by atoms with Crippen molar-refractivity contribution in [3.63, 3.8) is 0 Å². The van der Waals surface area contributed by atoms with E-state index in [1.54, 1.807) is 18.6 Å². The van der Waals surface area contributed by atoms with E-state index in [0.717, 1.165) is 43.3 Å². The normalized spacial score (nSPS) is 40.8. The molecular formula is C44H67N5O5. The number of fused-ring (bicyclic) bond motifs is 3. The maximum Gasteiger partial charge on any atom is 0.307 e. The Hall–Kier alpha value is -2.82. The third kappa shape index (κ3) is 5.49.